The van der Waals surface area contributed by atoms with E-state index in [-0.39, 0.29) is 5.41 Å². The van der Waals surface area contributed by atoms with Gasteiger partial charge in [-0.15, -0.1) is 0 Å². The first-order valence-corrected chi connectivity index (χ1v) is 23.1. The van der Waals surface area contributed by atoms with E-state index < -0.39 is 0 Å². The Morgan fingerprint density at radius 1 is 0.531 bits per heavy atom. The van der Waals surface area contributed by atoms with Crippen LogP contribution in [0.2, 0.25) is 0 Å². The van der Waals surface area contributed by atoms with Crippen molar-refractivity contribution >= 4 is 16.7 Å². The van der Waals surface area contributed by atoms with Crippen LogP contribution in [-0.2, 0) is 5.41 Å². The minimum atomic E-state index is -0.219. The molecule has 1 aromatic heterocycles. The van der Waals surface area contributed by atoms with E-state index in [1.165, 1.54) is 83.5 Å². The van der Waals surface area contributed by atoms with Crippen LogP contribution in [0.1, 0.15) is 75.3 Å². The number of aromatic nitrogens is 2. The van der Waals surface area contributed by atoms with Crippen LogP contribution in [-0.4, -0.2) is 9.97 Å². The molecule has 1 heterocycles. The van der Waals surface area contributed by atoms with Crippen LogP contribution in [0.25, 0.3) is 83.9 Å². The maximum absolute atomic E-state index is 5.51. The fourth-order valence-electron chi connectivity index (χ4n) is 10.6. The van der Waals surface area contributed by atoms with E-state index >= 15 is 0 Å². The average molecular weight is 825 g/mol. The summed E-state index contributed by atoms with van der Waals surface area (Å²) in [6, 6.07) is 54.0. The zero-order valence-electron chi connectivity index (χ0n) is 37.0. The summed E-state index contributed by atoms with van der Waals surface area (Å²) in [6.07, 6.45) is 23.6. The minimum Gasteiger partial charge on any atom is -0.228 e. The van der Waals surface area contributed by atoms with Gasteiger partial charge in [0.25, 0.3) is 0 Å². The number of fused-ring (bicyclic) bond motifs is 6. The summed E-state index contributed by atoms with van der Waals surface area (Å²) < 4.78 is 0. The maximum atomic E-state index is 5.51. The topological polar surface area (TPSA) is 25.8 Å². The van der Waals surface area contributed by atoms with E-state index in [9.17, 15) is 0 Å². The molecular formula is C62H52N2. The molecule has 1 unspecified atom stereocenters. The predicted molar refractivity (Wildman–Crippen MR) is 270 cm³/mol. The van der Waals surface area contributed by atoms with Gasteiger partial charge < -0.3 is 0 Å². The molecule has 0 aliphatic heterocycles. The van der Waals surface area contributed by atoms with E-state index in [0.717, 1.165) is 60.4 Å². The van der Waals surface area contributed by atoms with Gasteiger partial charge in [-0.25, -0.2) is 9.97 Å². The number of allylic oxidation sites excluding steroid dienone is 12. The molecule has 0 amide bonds. The molecule has 0 radical (unpaired) electrons. The van der Waals surface area contributed by atoms with Crippen molar-refractivity contribution in [1.29, 1.82) is 0 Å². The van der Waals surface area contributed by atoms with Gasteiger partial charge in [-0.3, -0.25) is 0 Å². The Morgan fingerprint density at radius 3 is 2.05 bits per heavy atom. The van der Waals surface area contributed by atoms with Crippen LogP contribution in [0.15, 0.2) is 200 Å². The first-order valence-electron chi connectivity index (χ1n) is 23.1. The van der Waals surface area contributed by atoms with Crippen LogP contribution in [0.3, 0.4) is 0 Å². The zero-order valence-corrected chi connectivity index (χ0v) is 37.0. The lowest BCUT2D eigenvalue weighted by atomic mass is 9.70. The number of hydrogen-bond donors (Lipinski definition) is 0. The highest BCUT2D eigenvalue weighted by Gasteiger charge is 2.35. The lowest BCUT2D eigenvalue weighted by molar-refractivity contribution is 0.595. The smallest absolute Gasteiger partial charge is 0.160 e. The molecule has 0 saturated carbocycles. The number of nitrogens with zero attached hydrogens (tertiary/aromatic N) is 2. The molecule has 4 aliphatic carbocycles. The molecule has 0 spiro atoms. The molecule has 11 rings (SSSR count). The lowest BCUT2D eigenvalue weighted by Gasteiger charge is -2.34. The summed E-state index contributed by atoms with van der Waals surface area (Å²) in [7, 11) is 0. The van der Waals surface area contributed by atoms with Gasteiger partial charge in [-0.05, 0) is 134 Å². The van der Waals surface area contributed by atoms with Gasteiger partial charge in [0.1, 0.15) is 0 Å². The Morgan fingerprint density at radius 2 is 1.23 bits per heavy atom. The van der Waals surface area contributed by atoms with Gasteiger partial charge in [-0.1, -0.05) is 202 Å². The van der Waals surface area contributed by atoms with E-state index in [0.29, 0.717) is 5.92 Å². The second-order valence-corrected chi connectivity index (χ2v) is 18.3. The Labute approximate surface area is 378 Å². The second-order valence-electron chi connectivity index (χ2n) is 18.3. The van der Waals surface area contributed by atoms with E-state index in [1.54, 1.807) is 0 Å². The van der Waals surface area contributed by atoms with Gasteiger partial charge in [0.05, 0.1) is 11.4 Å². The van der Waals surface area contributed by atoms with Crippen molar-refractivity contribution in [1.82, 2.24) is 9.97 Å². The Balaban J connectivity index is 1.23. The van der Waals surface area contributed by atoms with Gasteiger partial charge >= 0.3 is 0 Å². The molecule has 310 valence electrons. The number of rotatable bonds is 6. The lowest BCUT2D eigenvalue weighted by Crippen LogP contribution is -2.23. The van der Waals surface area contributed by atoms with Crippen LogP contribution in [0, 0.1) is 5.92 Å². The molecule has 0 bridgehead atoms. The van der Waals surface area contributed by atoms with Crippen LogP contribution < -0.4 is 0 Å². The van der Waals surface area contributed by atoms with E-state index in [1.807, 2.05) is 0 Å². The summed E-state index contributed by atoms with van der Waals surface area (Å²) in [5.41, 5.74) is 22.7. The fraction of sp³-hybridized carbons (Fsp3) is 0.161. The SMILES string of the molecule is CC1C=CC=C(c2cc(-c3cccc4c3-c3cc(-c5ccc(C6=CCCC=C6)cc5-c5ccccc5)ccc3C3=C(CCC=C3)C(C)(C)c3ccccc3-4)nc(-c3ccccc3)n2)C1. The molecule has 1 atom stereocenters. The summed E-state index contributed by atoms with van der Waals surface area (Å²) in [5.74, 6) is 1.17. The van der Waals surface area contributed by atoms with Crippen molar-refractivity contribution in [3.05, 3.63) is 222 Å². The molecule has 4 aliphatic rings. The van der Waals surface area contributed by atoms with Crippen molar-refractivity contribution in [2.45, 2.75) is 58.3 Å². The maximum Gasteiger partial charge on any atom is 0.160 e. The highest BCUT2D eigenvalue weighted by molar-refractivity contribution is 6.03. The van der Waals surface area contributed by atoms with Gasteiger partial charge in [-0.2, -0.15) is 0 Å². The largest absolute Gasteiger partial charge is 0.228 e. The Kier molecular flexibility index (Phi) is 10.2. The molecule has 7 aromatic rings. The van der Waals surface area contributed by atoms with Crippen LogP contribution in [0.5, 0.6) is 0 Å². The molecule has 2 heteroatoms. The predicted octanol–water partition coefficient (Wildman–Crippen LogP) is 16.6. The molecule has 6 aromatic carbocycles. The third-order valence-corrected chi connectivity index (χ3v) is 13.8. The number of benzene rings is 6. The Hall–Kier alpha value is -7.16. The second kappa shape index (κ2) is 16.5. The van der Waals surface area contributed by atoms with Crippen molar-refractivity contribution in [2.75, 3.05) is 0 Å². The van der Waals surface area contributed by atoms with Crippen molar-refractivity contribution < 1.29 is 0 Å². The van der Waals surface area contributed by atoms with Crippen LogP contribution >= 0.6 is 0 Å². The van der Waals surface area contributed by atoms with Gasteiger partial charge in [0.15, 0.2) is 5.82 Å². The first-order chi connectivity index (χ1) is 31.4. The molecule has 2 nitrogen and oxygen atoms in total. The fourth-order valence-corrected chi connectivity index (χ4v) is 10.6. The first kappa shape index (κ1) is 39.7. The zero-order chi connectivity index (χ0) is 43.2. The summed E-state index contributed by atoms with van der Waals surface area (Å²) in [5, 5.41) is 0. The van der Waals surface area contributed by atoms with Crippen molar-refractivity contribution in [2.24, 2.45) is 5.92 Å². The number of hydrogen-bond acceptors (Lipinski definition) is 2. The third kappa shape index (κ3) is 7.18. The minimum absolute atomic E-state index is 0.219. The Bertz CT molecular complexity index is 3150. The molecule has 0 saturated heterocycles. The van der Waals surface area contributed by atoms with Crippen molar-refractivity contribution in [3.8, 4) is 67.2 Å². The van der Waals surface area contributed by atoms with Crippen LogP contribution in [0.4, 0.5) is 0 Å². The monoisotopic (exact) mass is 824 g/mol. The molecule has 0 fully saturated rings. The van der Waals surface area contributed by atoms with Gasteiger partial charge in [0, 0.05) is 16.5 Å². The van der Waals surface area contributed by atoms with E-state index in [4.69, 9.17) is 9.97 Å². The average Bonchev–Trinajstić information content (AvgIpc) is 3.39. The summed E-state index contributed by atoms with van der Waals surface area (Å²) in [4.78, 5) is 10.8. The molecular weight excluding hydrogens is 773 g/mol. The quantitative estimate of drug-likeness (QED) is 0.167. The normalized spacial score (nSPS) is 17.2. The van der Waals surface area contributed by atoms with Crippen molar-refractivity contribution in [3.63, 3.8) is 0 Å². The highest BCUT2D eigenvalue weighted by Crippen LogP contribution is 2.53. The standard InChI is InChI=1S/C62H52N2/c1-41-19-17-26-47(37-41)58-40-59(64-61(63-58)44-24-11-6-12-25-44)53-30-18-29-52-51-28-14-16-32-57(51)62(2,3)56-31-15-13-27-50(56)49-36-34-46(39-55(49)60(52)53)48-35-33-45(42-20-7-4-8-21-42)38-54(48)43-22-9-5-10-23-43/h5-7,9-14,16-30,32-36,38-41H,4,8,15,31,37H2,1-3H3. The van der Waals surface area contributed by atoms with E-state index in [2.05, 4.69) is 215 Å². The molecule has 0 N–H and O–H groups in total. The van der Waals surface area contributed by atoms with Gasteiger partial charge in [0.2, 0.25) is 0 Å². The summed E-state index contributed by atoms with van der Waals surface area (Å²) in [6.45, 7) is 7.15. The third-order valence-electron chi connectivity index (χ3n) is 13.8. The highest BCUT2D eigenvalue weighted by atomic mass is 14.9. The molecule has 64 heavy (non-hydrogen) atoms. The summed E-state index contributed by atoms with van der Waals surface area (Å²) >= 11 is 0.